The highest BCUT2D eigenvalue weighted by Crippen LogP contribution is 2.28. The Labute approximate surface area is 96.9 Å². The Hall–Kier alpha value is -0.610. The van der Waals surface area contributed by atoms with Crippen LogP contribution in [0.1, 0.15) is 5.56 Å². The molecule has 1 aromatic carbocycles. The molecule has 0 fully saturated rings. The van der Waals surface area contributed by atoms with Gasteiger partial charge in [0, 0.05) is 30.4 Å². The summed E-state index contributed by atoms with van der Waals surface area (Å²) in [7, 11) is 0. The molecule has 0 spiro atoms. The van der Waals surface area contributed by atoms with Crippen LogP contribution in [0.25, 0.3) is 0 Å². The standard InChI is InChI=1S/C11H13BrFNO/c12-3-4-14-7-10-6-8-5-9(13)1-2-11(8)15-10/h1-2,5,10,14H,3-4,6-7H2. The summed E-state index contributed by atoms with van der Waals surface area (Å²) in [6, 6.07) is 4.70. The maximum absolute atomic E-state index is 12.9. The fraction of sp³-hybridized carbons (Fsp3) is 0.455. The number of hydrogen-bond acceptors (Lipinski definition) is 2. The largest absolute Gasteiger partial charge is 0.488 e. The van der Waals surface area contributed by atoms with E-state index in [1.54, 1.807) is 12.1 Å². The van der Waals surface area contributed by atoms with E-state index in [0.717, 1.165) is 36.2 Å². The second kappa shape index (κ2) is 4.94. The third-order valence-electron chi connectivity index (χ3n) is 2.41. The molecule has 1 atom stereocenters. The minimum Gasteiger partial charge on any atom is -0.488 e. The maximum Gasteiger partial charge on any atom is 0.123 e. The normalized spacial score (nSPS) is 18.7. The fourth-order valence-corrected chi connectivity index (χ4v) is 2.01. The van der Waals surface area contributed by atoms with Crippen LogP contribution in [0.3, 0.4) is 0 Å². The Kier molecular flexibility index (Phi) is 3.59. The van der Waals surface area contributed by atoms with E-state index in [0.29, 0.717) is 0 Å². The van der Waals surface area contributed by atoms with Gasteiger partial charge in [-0.2, -0.15) is 0 Å². The molecule has 0 amide bonds. The topological polar surface area (TPSA) is 21.3 Å². The Morgan fingerprint density at radius 1 is 1.53 bits per heavy atom. The molecular formula is C11H13BrFNO. The summed E-state index contributed by atoms with van der Waals surface area (Å²) < 4.78 is 18.6. The van der Waals surface area contributed by atoms with E-state index in [1.807, 2.05) is 0 Å². The molecule has 0 aliphatic carbocycles. The Bertz CT molecular complexity index is 345. The molecule has 15 heavy (non-hydrogen) atoms. The van der Waals surface area contributed by atoms with Crippen molar-refractivity contribution in [2.45, 2.75) is 12.5 Å². The van der Waals surface area contributed by atoms with E-state index in [-0.39, 0.29) is 11.9 Å². The first-order chi connectivity index (χ1) is 7.29. The predicted octanol–water partition coefficient (Wildman–Crippen LogP) is 2.11. The van der Waals surface area contributed by atoms with Gasteiger partial charge in [-0.25, -0.2) is 4.39 Å². The molecular weight excluding hydrogens is 261 g/mol. The average Bonchev–Trinajstić information content (AvgIpc) is 2.60. The SMILES string of the molecule is Fc1ccc2c(c1)CC(CNCCBr)O2. The van der Waals surface area contributed by atoms with Gasteiger partial charge in [-0.3, -0.25) is 0 Å². The molecule has 0 saturated carbocycles. The van der Waals surface area contributed by atoms with Gasteiger partial charge in [-0.05, 0) is 18.2 Å². The minimum absolute atomic E-state index is 0.140. The van der Waals surface area contributed by atoms with Gasteiger partial charge < -0.3 is 10.1 Å². The average molecular weight is 274 g/mol. The summed E-state index contributed by atoms with van der Waals surface area (Å²) in [5, 5.41) is 4.19. The second-order valence-electron chi connectivity index (χ2n) is 3.59. The number of halogens is 2. The summed E-state index contributed by atoms with van der Waals surface area (Å²) in [4.78, 5) is 0. The molecule has 1 N–H and O–H groups in total. The fourth-order valence-electron chi connectivity index (χ4n) is 1.73. The molecule has 2 nitrogen and oxygen atoms in total. The van der Waals surface area contributed by atoms with Crippen molar-refractivity contribution in [3.8, 4) is 5.75 Å². The van der Waals surface area contributed by atoms with Crippen LogP contribution in [0.5, 0.6) is 5.75 Å². The lowest BCUT2D eigenvalue weighted by atomic mass is 10.1. The van der Waals surface area contributed by atoms with Crippen LogP contribution in [0, 0.1) is 5.82 Å². The van der Waals surface area contributed by atoms with E-state index < -0.39 is 0 Å². The molecule has 1 aliphatic rings. The van der Waals surface area contributed by atoms with Crippen molar-refractivity contribution in [3.05, 3.63) is 29.6 Å². The zero-order chi connectivity index (χ0) is 10.7. The van der Waals surface area contributed by atoms with E-state index in [2.05, 4.69) is 21.2 Å². The van der Waals surface area contributed by atoms with E-state index in [9.17, 15) is 4.39 Å². The molecule has 4 heteroatoms. The number of benzene rings is 1. The molecule has 0 bridgehead atoms. The van der Waals surface area contributed by atoms with E-state index in [1.165, 1.54) is 6.07 Å². The van der Waals surface area contributed by atoms with Gasteiger partial charge in [-0.1, -0.05) is 15.9 Å². The van der Waals surface area contributed by atoms with Crippen LogP contribution in [0.4, 0.5) is 4.39 Å². The lowest BCUT2D eigenvalue weighted by Gasteiger charge is -2.10. The Morgan fingerprint density at radius 2 is 2.40 bits per heavy atom. The molecule has 0 radical (unpaired) electrons. The summed E-state index contributed by atoms with van der Waals surface area (Å²) in [5.41, 5.74) is 0.973. The van der Waals surface area contributed by atoms with Crippen LogP contribution in [-0.4, -0.2) is 24.5 Å². The highest BCUT2D eigenvalue weighted by Gasteiger charge is 2.22. The first-order valence-electron chi connectivity index (χ1n) is 5.01. The van der Waals surface area contributed by atoms with Gasteiger partial charge in [0.25, 0.3) is 0 Å². The van der Waals surface area contributed by atoms with Crippen LogP contribution in [-0.2, 0) is 6.42 Å². The minimum atomic E-state index is -0.189. The number of alkyl halides is 1. The lowest BCUT2D eigenvalue weighted by Crippen LogP contribution is -2.31. The number of rotatable bonds is 4. The molecule has 0 saturated heterocycles. The van der Waals surface area contributed by atoms with E-state index >= 15 is 0 Å². The van der Waals surface area contributed by atoms with Gasteiger partial charge >= 0.3 is 0 Å². The number of nitrogens with one attached hydrogen (secondary N) is 1. The molecule has 2 rings (SSSR count). The number of hydrogen-bond donors (Lipinski definition) is 1. The van der Waals surface area contributed by atoms with Crippen molar-refractivity contribution in [2.75, 3.05) is 18.4 Å². The van der Waals surface area contributed by atoms with Crippen LogP contribution < -0.4 is 10.1 Å². The lowest BCUT2D eigenvalue weighted by molar-refractivity contribution is 0.229. The van der Waals surface area contributed by atoms with Crippen molar-refractivity contribution in [1.29, 1.82) is 0 Å². The second-order valence-corrected chi connectivity index (χ2v) is 4.38. The summed E-state index contributed by atoms with van der Waals surface area (Å²) >= 11 is 3.34. The summed E-state index contributed by atoms with van der Waals surface area (Å²) in [5.74, 6) is 0.633. The van der Waals surface area contributed by atoms with E-state index in [4.69, 9.17) is 4.74 Å². The van der Waals surface area contributed by atoms with Gasteiger partial charge in [0.2, 0.25) is 0 Å². The monoisotopic (exact) mass is 273 g/mol. The maximum atomic E-state index is 12.9. The molecule has 1 heterocycles. The quantitative estimate of drug-likeness (QED) is 0.670. The highest BCUT2D eigenvalue weighted by molar-refractivity contribution is 9.09. The Morgan fingerprint density at radius 3 is 3.20 bits per heavy atom. The molecule has 82 valence electrons. The summed E-state index contributed by atoms with van der Waals surface area (Å²) in [6.07, 6.45) is 0.934. The molecule has 1 aromatic rings. The van der Waals surface area contributed by atoms with Crippen LogP contribution in [0.15, 0.2) is 18.2 Å². The zero-order valence-electron chi connectivity index (χ0n) is 8.30. The first kappa shape index (κ1) is 10.9. The zero-order valence-corrected chi connectivity index (χ0v) is 9.89. The molecule has 0 aromatic heterocycles. The molecule has 1 unspecified atom stereocenters. The molecule has 1 aliphatic heterocycles. The van der Waals surface area contributed by atoms with Crippen LogP contribution in [0.2, 0.25) is 0 Å². The van der Waals surface area contributed by atoms with Crippen molar-refractivity contribution in [2.24, 2.45) is 0 Å². The smallest absolute Gasteiger partial charge is 0.123 e. The third kappa shape index (κ3) is 2.69. The first-order valence-corrected chi connectivity index (χ1v) is 6.13. The number of fused-ring (bicyclic) bond motifs is 1. The predicted molar refractivity (Wildman–Crippen MR) is 61.2 cm³/mol. The van der Waals surface area contributed by atoms with Gasteiger partial charge in [0.05, 0.1) is 0 Å². The van der Waals surface area contributed by atoms with Gasteiger partial charge in [0.1, 0.15) is 17.7 Å². The van der Waals surface area contributed by atoms with Crippen molar-refractivity contribution in [1.82, 2.24) is 5.32 Å². The Balaban J connectivity index is 1.91. The van der Waals surface area contributed by atoms with Crippen LogP contribution >= 0.6 is 15.9 Å². The van der Waals surface area contributed by atoms with Gasteiger partial charge in [0.15, 0.2) is 0 Å². The highest BCUT2D eigenvalue weighted by atomic mass is 79.9. The van der Waals surface area contributed by atoms with Crippen molar-refractivity contribution < 1.29 is 9.13 Å². The van der Waals surface area contributed by atoms with Crippen molar-refractivity contribution in [3.63, 3.8) is 0 Å². The third-order valence-corrected chi connectivity index (χ3v) is 2.80. The number of ether oxygens (including phenoxy) is 1. The summed E-state index contributed by atoms with van der Waals surface area (Å²) in [6.45, 7) is 1.73. The van der Waals surface area contributed by atoms with Gasteiger partial charge in [-0.15, -0.1) is 0 Å². The van der Waals surface area contributed by atoms with Crippen molar-refractivity contribution >= 4 is 15.9 Å².